The third-order valence-corrected chi connectivity index (χ3v) is 2.50. The SMILES string of the molecule is Cl.O=C1CCNC(c2cccc(O)c2)C1. The smallest absolute Gasteiger partial charge is 0.136 e. The quantitative estimate of drug-likeness (QED) is 0.769. The Kier molecular flexibility index (Phi) is 4.12. The van der Waals surface area contributed by atoms with E-state index < -0.39 is 0 Å². The lowest BCUT2D eigenvalue weighted by atomic mass is 9.96. The largest absolute Gasteiger partial charge is 0.508 e. The molecule has 0 bridgehead atoms. The number of phenolic OH excluding ortho intramolecular Hbond substituents is 1. The van der Waals surface area contributed by atoms with Crippen LogP contribution in [-0.4, -0.2) is 17.4 Å². The lowest BCUT2D eigenvalue weighted by Gasteiger charge is -2.22. The van der Waals surface area contributed by atoms with Crippen LogP contribution in [0.3, 0.4) is 0 Å². The molecule has 1 unspecified atom stereocenters. The van der Waals surface area contributed by atoms with E-state index in [0.29, 0.717) is 12.8 Å². The molecule has 0 aromatic heterocycles. The molecule has 0 saturated carbocycles. The lowest BCUT2D eigenvalue weighted by Crippen LogP contribution is -2.31. The van der Waals surface area contributed by atoms with Gasteiger partial charge in [-0.2, -0.15) is 0 Å². The Morgan fingerprint density at radius 2 is 2.20 bits per heavy atom. The molecule has 0 amide bonds. The minimum Gasteiger partial charge on any atom is -0.508 e. The topological polar surface area (TPSA) is 49.3 Å². The van der Waals surface area contributed by atoms with Crippen molar-refractivity contribution in [2.75, 3.05) is 6.54 Å². The van der Waals surface area contributed by atoms with Crippen LogP contribution in [0.4, 0.5) is 0 Å². The Morgan fingerprint density at radius 1 is 1.40 bits per heavy atom. The van der Waals surface area contributed by atoms with E-state index in [2.05, 4.69) is 5.32 Å². The second kappa shape index (κ2) is 5.14. The maximum absolute atomic E-state index is 11.2. The Labute approximate surface area is 94.9 Å². The van der Waals surface area contributed by atoms with Gasteiger partial charge in [-0.3, -0.25) is 4.79 Å². The molecule has 2 N–H and O–H groups in total. The predicted molar refractivity (Wildman–Crippen MR) is 60.3 cm³/mol. The highest BCUT2D eigenvalue weighted by atomic mass is 35.5. The van der Waals surface area contributed by atoms with E-state index in [-0.39, 0.29) is 30.0 Å². The minimum absolute atomic E-state index is 0. The van der Waals surface area contributed by atoms with Crippen molar-refractivity contribution in [1.29, 1.82) is 0 Å². The van der Waals surface area contributed by atoms with Crippen LogP contribution in [0.2, 0.25) is 0 Å². The highest BCUT2D eigenvalue weighted by Crippen LogP contribution is 2.23. The van der Waals surface area contributed by atoms with Crippen LogP contribution in [0.25, 0.3) is 0 Å². The Hall–Kier alpha value is -1.06. The summed E-state index contributed by atoms with van der Waals surface area (Å²) in [4.78, 5) is 11.2. The first-order chi connectivity index (χ1) is 6.75. The van der Waals surface area contributed by atoms with E-state index in [1.54, 1.807) is 18.2 Å². The molecule has 1 fully saturated rings. The van der Waals surface area contributed by atoms with Crippen molar-refractivity contribution in [3.63, 3.8) is 0 Å². The number of nitrogens with one attached hydrogen (secondary N) is 1. The van der Waals surface area contributed by atoms with Gasteiger partial charge < -0.3 is 10.4 Å². The average Bonchev–Trinajstić information content (AvgIpc) is 2.18. The Balaban J connectivity index is 0.00000112. The van der Waals surface area contributed by atoms with Crippen molar-refractivity contribution in [2.45, 2.75) is 18.9 Å². The van der Waals surface area contributed by atoms with Crippen LogP contribution >= 0.6 is 12.4 Å². The molecule has 15 heavy (non-hydrogen) atoms. The van der Waals surface area contributed by atoms with Crippen LogP contribution in [-0.2, 0) is 4.79 Å². The first-order valence-corrected chi connectivity index (χ1v) is 4.80. The van der Waals surface area contributed by atoms with E-state index >= 15 is 0 Å². The lowest BCUT2D eigenvalue weighted by molar-refractivity contribution is -0.120. The molecule has 1 aromatic carbocycles. The summed E-state index contributed by atoms with van der Waals surface area (Å²) in [5, 5.41) is 12.6. The number of benzene rings is 1. The number of phenols is 1. The number of piperidine rings is 1. The molecule has 0 aliphatic carbocycles. The van der Waals surface area contributed by atoms with Gasteiger partial charge in [0.15, 0.2) is 0 Å². The minimum atomic E-state index is 0. The number of hydrogen-bond acceptors (Lipinski definition) is 3. The van der Waals surface area contributed by atoms with E-state index in [1.165, 1.54) is 0 Å². The van der Waals surface area contributed by atoms with Gasteiger partial charge in [-0.15, -0.1) is 12.4 Å². The monoisotopic (exact) mass is 227 g/mol. The van der Waals surface area contributed by atoms with Crippen molar-refractivity contribution in [3.05, 3.63) is 29.8 Å². The molecule has 1 aliphatic heterocycles. The van der Waals surface area contributed by atoms with Crippen LogP contribution in [0.1, 0.15) is 24.4 Å². The van der Waals surface area contributed by atoms with Crippen molar-refractivity contribution >= 4 is 18.2 Å². The Bertz CT molecular complexity index is 354. The second-order valence-electron chi connectivity index (χ2n) is 3.59. The average molecular weight is 228 g/mol. The standard InChI is InChI=1S/C11H13NO2.ClH/c13-9-3-1-2-8(6-9)11-7-10(14)4-5-12-11;/h1-3,6,11-13H,4-5,7H2;1H. The number of halogens is 1. The molecule has 1 heterocycles. The second-order valence-corrected chi connectivity index (χ2v) is 3.59. The number of rotatable bonds is 1. The van der Waals surface area contributed by atoms with Crippen LogP contribution in [0, 0.1) is 0 Å². The molecular weight excluding hydrogens is 214 g/mol. The van der Waals surface area contributed by atoms with Gasteiger partial charge in [0.1, 0.15) is 11.5 Å². The van der Waals surface area contributed by atoms with Gasteiger partial charge in [-0.1, -0.05) is 12.1 Å². The van der Waals surface area contributed by atoms with Crippen molar-refractivity contribution in [2.24, 2.45) is 0 Å². The summed E-state index contributed by atoms with van der Waals surface area (Å²) < 4.78 is 0. The molecule has 82 valence electrons. The molecule has 2 rings (SSSR count). The molecule has 1 atom stereocenters. The number of carbonyl (C=O) groups is 1. The zero-order chi connectivity index (χ0) is 9.97. The first-order valence-electron chi connectivity index (χ1n) is 4.80. The zero-order valence-electron chi connectivity index (χ0n) is 8.27. The number of carbonyl (C=O) groups excluding carboxylic acids is 1. The molecule has 1 aliphatic rings. The van der Waals surface area contributed by atoms with Gasteiger partial charge in [0.05, 0.1) is 0 Å². The third-order valence-electron chi connectivity index (χ3n) is 2.50. The van der Waals surface area contributed by atoms with Gasteiger partial charge in [-0.25, -0.2) is 0 Å². The molecule has 4 heteroatoms. The number of hydrogen-bond donors (Lipinski definition) is 2. The predicted octanol–water partition coefficient (Wildman–Crippen LogP) is 1.81. The van der Waals surface area contributed by atoms with E-state index in [1.807, 2.05) is 6.07 Å². The summed E-state index contributed by atoms with van der Waals surface area (Å²) in [6.07, 6.45) is 1.15. The number of aromatic hydroxyl groups is 1. The fraction of sp³-hybridized carbons (Fsp3) is 0.364. The zero-order valence-corrected chi connectivity index (χ0v) is 9.09. The van der Waals surface area contributed by atoms with Gasteiger partial charge >= 0.3 is 0 Å². The summed E-state index contributed by atoms with van der Waals surface area (Å²) in [6.45, 7) is 0.735. The normalized spacial score (nSPS) is 20.8. The van der Waals surface area contributed by atoms with Crippen molar-refractivity contribution in [1.82, 2.24) is 5.32 Å². The third kappa shape index (κ3) is 2.94. The summed E-state index contributed by atoms with van der Waals surface area (Å²) in [6, 6.07) is 7.13. The molecule has 1 saturated heterocycles. The molecule has 3 nitrogen and oxygen atoms in total. The number of Topliss-reactive ketones (excluding diaryl/α,β-unsaturated/α-hetero) is 1. The van der Waals surface area contributed by atoms with Crippen LogP contribution in [0.5, 0.6) is 5.75 Å². The van der Waals surface area contributed by atoms with Gasteiger partial charge in [0.2, 0.25) is 0 Å². The molecule has 0 radical (unpaired) electrons. The fourth-order valence-corrected chi connectivity index (χ4v) is 1.76. The van der Waals surface area contributed by atoms with Crippen molar-refractivity contribution < 1.29 is 9.90 Å². The van der Waals surface area contributed by atoms with E-state index in [0.717, 1.165) is 12.1 Å². The molecule has 1 aromatic rings. The summed E-state index contributed by atoms with van der Waals surface area (Å²) >= 11 is 0. The summed E-state index contributed by atoms with van der Waals surface area (Å²) in [7, 11) is 0. The molecule has 0 spiro atoms. The van der Waals surface area contributed by atoms with Gasteiger partial charge in [0, 0.05) is 25.4 Å². The summed E-state index contributed by atoms with van der Waals surface area (Å²) in [5.74, 6) is 0.541. The first kappa shape index (κ1) is 12.0. The maximum atomic E-state index is 11.2. The number of ketones is 1. The van der Waals surface area contributed by atoms with E-state index in [9.17, 15) is 9.90 Å². The van der Waals surface area contributed by atoms with Gasteiger partial charge in [-0.05, 0) is 17.7 Å². The molecular formula is C11H14ClNO2. The van der Waals surface area contributed by atoms with Crippen LogP contribution in [0.15, 0.2) is 24.3 Å². The highest BCUT2D eigenvalue weighted by Gasteiger charge is 2.20. The Morgan fingerprint density at radius 3 is 2.87 bits per heavy atom. The fourth-order valence-electron chi connectivity index (χ4n) is 1.76. The van der Waals surface area contributed by atoms with E-state index in [4.69, 9.17) is 0 Å². The summed E-state index contributed by atoms with van der Waals surface area (Å²) in [5.41, 5.74) is 0.984. The van der Waals surface area contributed by atoms with Crippen molar-refractivity contribution in [3.8, 4) is 5.75 Å². The maximum Gasteiger partial charge on any atom is 0.136 e. The van der Waals surface area contributed by atoms with Gasteiger partial charge in [0.25, 0.3) is 0 Å². The van der Waals surface area contributed by atoms with Crippen LogP contribution < -0.4 is 5.32 Å². The highest BCUT2D eigenvalue weighted by molar-refractivity contribution is 5.85.